The summed E-state index contributed by atoms with van der Waals surface area (Å²) in [6.45, 7) is 11.8. The van der Waals surface area contributed by atoms with Crippen molar-refractivity contribution < 1.29 is 4.74 Å². The van der Waals surface area contributed by atoms with Crippen LogP contribution in [-0.4, -0.2) is 19.7 Å². The van der Waals surface area contributed by atoms with Crippen LogP contribution in [0.5, 0.6) is 5.75 Å². The number of rotatable bonds is 7. The average molecular weight is 217 g/mol. The summed E-state index contributed by atoms with van der Waals surface area (Å²) in [4.78, 5) is 2.17. The van der Waals surface area contributed by atoms with Crippen LogP contribution in [0.4, 0.5) is 5.69 Å². The van der Waals surface area contributed by atoms with Gasteiger partial charge >= 0.3 is 0 Å². The standard InChI is InChI=1S/C14H19NO/c1-4-11-15(12-5-2)13-9-7-8-10-14(13)16-6-3/h4-5,7-10H,1-2,6,11-12H2,3H3. The third kappa shape index (κ3) is 3.16. The van der Waals surface area contributed by atoms with Gasteiger partial charge in [-0.05, 0) is 19.1 Å². The summed E-state index contributed by atoms with van der Waals surface area (Å²) in [7, 11) is 0. The lowest BCUT2D eigenvalue weighted by Gasteiger charge is -2.24. The van der Waals surface area contributed by atoms with Crippen molar-refractivity contribution >= 4 is 5.69 Å². The fourth-order valence-corrected chi connectivity index (χ4v) is 1.58. The van der Waals surface area contributed by atoms with Gasteiger partial charge in [0.25, 0.3) is 0 Å². The molecule has 0 fully saturated rings. The lowest BCUT2D eigenvalue weighted by atomic mass is 10.2. The van der Waals surface area contributed by atoms with Crippen molar-refractivity contribution in [3.05, 3.63) is 49.6 Å². The van der Waals surface area contributed by atoms with Gasteiger partial charge in [-0.15, -0.1) is 13.2 Å². The van der Waals surface area contributed by atoms with E-state index in [0.717, 1.165) is 24.5 Å². The number of nitrogens with zero attached hydrogens (tertiary/aromatic N) is 1. The summed E-state index contributed by atoms with van der Waals surface area (Å²) in [5, 5.41) is 0. The molecule has 1 rings (SSSR count). The molecule has 2 nitrogen and oxygen atoms in total. The fraction of sp³-hybridized carbons (Fsp3) is 0.286. The molecule has 1 aromatic rings. The fourth-order valence-electron chi connectivity index (χ4n) is 1.58. The SMILES string of the molecule is C=CCN(CC=C)c1ccccc1OCC. The van der Waals surface area contributed by atoms with E-state index >= 15 is 0 Å². The first-order valence-electron chi connectivity index (χ1n) is 5.52. The summed E-state index contributed by atoms with van der Waals surface area (Å²) in [5.41, 5.74) is 1.09. The zero-order valence-corrected chi connectivity index (χ0v) is 9.86. The minimum Gasteiger partial charge on any atom is -0.492 e. The van der Waals surface area contributed by atoms with Gasteiger partial charge in [0.2, 0.25) is 0 Å². The van der Waals surface area contributed by atoms with E-state index in [1.807, 2.05) is 37.3 Å². The zero-order chi connectivity index (χ0) is 11.8. The molecule has 0 aliphatic carbocycles. The molecule has 0 saturated carbocycles. The highest BCUT2D eigenvalue weighted by Crippen LogP contribution is 2.27. The minimum atomic E-state index is 0.674. The average Bonchev–Trinajstić information content (AvgIpc) is 2.30. The van der Waals surface area contributed by atoms with E-state index in [9.17, 15) is 0 Å². The van der Waals surface area contributed by atoms with Gasteiger partial charge in [0, 0.05) is 13.1 Å². The molecule has 0 amide bonds. The van der Waals surface area contributed by atoms with Crippen LogP contribution in [0.3, 0.4) is 0 Å². The van der Waals surface area contributed by atoms with Crippen molar-refractivity contribution in [3.63, 3.8) is 0 Å². The summed E-state index contributed by atoms with van der Waals surface area (Å²) >= 11 is 0. The molecule has 0 saturated heterocycles. The Hall–Kier alpha value is -1.70. The third-order valence-corrected chi connectivity index (χ3v) is 2.20. The van der Waals surface area contributed by atoms with Crippen molar-refractivity contribution in [3.8, 4) is 5.75 Å². The van der Waals surface area contributed by atoms with Crippen molar-refractivity contribution in [2.75, 3.05) is 24.6 Å². The molecular weight excluding hydrogens is 198 g/mol. The molecule has 2 heteroatoms. The molecule has 0 unspecified atom stereocenters. The Kier molecular flexibility index (Phi) is 5.20. The van der Waals surface area contributed by atoms with E-state index in [1.54, 1.807) is 0 Å². The first kappa shape index (κ1) is 12.4. The topological polar surface area (TPSA) is 12.5 Å². The number of para-hydroxylation sites is 2. The van der Waals surface area contributed by atoms with Crippen molar-refractivity contribution in [2.45, 2.75) is 6.92 Å². The molecule has 0 aliphatic heterocycles. The molecule has 0 spiro atoms. The molecule has 0 atom stereocenters. The van der Waals surface area contributed by atoms with Gasteiger partial charge in [0.05, 0.1) is 12.3 Å². The van der Waals surface area contributed by atoms with Crippen molar-refractivity contribution in [1.82, 2.24) is 0 Å². The van der Waals surface area contributed by atoms with Gasteiger partial charge in [0.15, 0.2) is 0 Å². The Bertz CT molecular complexity index is 336. The minimum absolute atomic E-state index is 0.674. The second-order valence-electron chi connectivity index (χ2n) is 3.38. The van der Waals surface area contributed by atoms with Crippen LogP contribution in [0.2, 0.25) is 0 Å². The van der Waals surface area contributed by atoms with Crippen LogP contribution >= 0.6 is 0 Å². The maximum Gasteiger partial charge on any atom is 0.142 e. The largest absolute Gasteiger partial charge is 0.492 e. The van der Waals surface area contributed by atoms with Gasteiger partial charge in [-0.1, -0.05) is 24.3 Å². The smallest absolute Gasteiger partial charge is 0.142 e. The molecular formula is C14H19NO. The second-order valence-corrected chi connectivity index (χ2v) is 3.38. The van der Waals surface area contributed by atoms with Gasteiger partial charge in [-0.3, -0.25) is 0 Å². The molecule has 0 heterocycles. The molecule has 0 N–H and O–H groups in total. The highest BCUT2D eigenvalue weighted by Gasteiger charge is 2.08. The molecule has 0 aliphatic rings. The van der Waals surface area contributed by atoms with E-state index in [1.165, 1.54) is 0 Å². The third-order valence-electron chi connectivity index (χ3n) is 2.20. The summed E-state index contributed by atoms with van der Waals surface area (Å²) in [6.07, 6.45) is 3.76. The first-order chi connectivity index (χ1) is 7.83. The number of hydrogen-bond acceptors (Lipinski definition) is 2. The molecule has 1 aromatic carbocycles. The molecule has 16 heavy (non-hydrogen) atoms. The van der Waals surface area contributed by atoms with Crippen LogP contribution in [-0.2, 0) is 0 Å². The monoisotopic (exact) mass is 217 g/mol. The number of anilines is 1. The Labute approximate surface area is 97.8 Å². The predicted octanol–water partition coefficient (Wildman–Crippen LogP) is 3.26. The van der Waals surface area contributed by atoms with E-state index in [4.69, 9.17) is 4.74 Å². The number of benzene rings is 1. The van der Waals surface area contributed by atoms with Gasteiger partial charge in [-0.25, -0.2) is 0 Å². The maximum atomic E-state index is 5.60. The quantitative estimate of drug-likeness (QED) is 0.650. The van der Waals surface area contributed by atoms with E-state index in [-0.39, 0.29) is 0 Å². The molecule has 0 radical (unpaired) electrons. The predicted molar refractivity (Wildman–Crippen MR) is 70.2 cm³/mol. The van der Waals surface area contributed by atoms with Crippen LogP contribution in [0, 0.1) is 0 Å². The highest BCUT2D eigenvalue weighted by molar-refractivity contribution is 5.59. The summed E-state index contributed by atoms with van der Waals surface area (Å²) in [6, 6.07) is 8.03. The van der Waals surface area contributed by atoms with Crippen LogP contribution < -0.4 is 9.64 Å². The Morgan fingerprint density at radius 2 is 1.81 bits per heavy atom. The molecule has 86 valence electrons. The summed E-state index contributed by atoms with van der Waals surface area (Å²) < 4.78 is 5.60. The highest BCUT2D eigenvalue weighted by atomic mass is 16.5. The zero-order valence-electron chi connectivity index (χ0n) is 9.86. The van der Waals surface area contributed by atoms with Crippen molar-refractivity contribution in [2.24, 2.45) is 0 Å². The van der Waals surface area contributed by atoms with E-state index in [2.05, 4.69) is 24.1 Å². The number of ether oxygens (including phenoxy) is 1. The van der Waals surface area contributed by atoms with Crippen LogP contribution in [0.1, 0.15) is 6.92 Å². The Morgan fingerprint density at radius 1 is 1.19 bits per heavy atom. The maximum absolute atomic E-state index is 5.60. The normalized spacial score (nSPS) is 9.56. The Morgan fingerprint density at radius 3 is 2.38 bits per heavy atom. The first-order valence-corrected chi connectivity index (χ1v) is 5.52. The van der Waals surface area contributed by atoms with Crippen LogP contribution in [0.25, 0.3) is 0 Å². The van der Waals surface area contributed by atoms with Gasteiger partial charge in [-0.2, -0.15) is 0 Å². The summed E-state index contributed by atoms with van der Waals surface area (Å²) in [5.74, 6) is 0.911. The lowest BCUT2D eigenvalue weighted by Crippen LogP contribution is -2.23. The van der Waals surface area contributed by atoms with Crippen LogP contribution in [0.15, 0.2) is 49.6 Å². The van der Waals surface area contributed by atoms with Crippen molar-refractivity contribution in [1.29, 1.82) is 0 Å². The van der Waals surface area contributed by atoms with E-state index < -0.39 is 0 Å². The number of hydrogen-bond donors (Lipinski definition) is 0. The van der Waals surface area contributed by atoms with Gasteiger partial charge in [0.1, 0.15) is 5.75 Å². The molecule has 0 bridgehead atoms. The Balaban J connectivity index is 2.96. The van der Waals surface area contributed by atoms with Gasteiger partial charge < -0.3 is 9.64 Å². The lowest BCUT2D eigenvalue weighted by molar-refractivity contribution is 0.340. The second kappa shape index (κ2) is 6.72. The van der Waals surface area contributed by atoms with E-state index in [0.29, 0.717) is 6.61 Å². The molecule has 0 aromatic heterocycles.